The van der Waals surface area contributed by atoms with Gasteiger partial charge in [0.25, 0.3) is 0 Å². The average Bonchev–Trinajstić information content (AvgIpc) is 3.03. The van der Waals surface area contributed by atoms with Gasteiger partial charge in [0.15, 0.2) is 4.33 Å². The first-order valence-electron chi connectivity index (χ1n) is 7.54. The van der Waals surface area contributed by atoms with E-state index < -0.39 is 52.3 Å². The molecule has 0 aromatic rings. The molecule has 0 spiro atoms. The maximum atomic E-state index is 12.9. The number of hydrazine groups is 1. The second-order valence-corrected chi connectivity index (χ2v) is 14.1. The minimum absolute atomic E-state index is 0.325. The Balaban J connectivity index is 1.92. The summed E-state index contributed by atoms with van der Waals surface area (Å²) in [5.74, 6) is -6.34. The fourth-order valence-corrected chi connectivity index (χ4v) is 8.02. The zero-order valence-electron chi connectivity index (χ0n) is 13.6. The minimum atomic E-state index is -2.21. The molecule has 5 atom stereocenters. The average molecular weight is 643 g/mol. The summed E-state index contributed by atoms with van der Waals surface area (Å²) in [6, 6.07) is 0. The van der Waals surface area contributed by atoms with E-state index in [-0.39, 0.29) is 10.1 Å². The van der Waals surface area contributed by atoms with E-state index in [0.717, 1.165) is 0 Å². The van der Waals surface area contributed by atoms with Crippen molar-refractivity contribution in [3.05, 3.63) is 10.1 Å². The van der Waals surface area contributed by atoms with Gasteiger partial charge in [0.05, 0.1) is 30.5 Å². The fourth-order valence-electron chi connectivity index (χ4n) is 3.61. The molecular formula is C14H10Br2Cl6N2O4. The second-order valence-electron chi connectivity index (χ2n) is 7.08. The minimum Gasteiger partial charge on any atom is -0.481 e. The molecule has 2 amide bonds. The highest BCUT2D eigenvalue weighted by atomic mass is 79.9. The first kappa shape index (κ1) is 23.5. The lowest BCUT2D eigenvalue weighted by Crippen LogP contribution is -2.54. The lowest BCUT2D eigenvalue weighted by Gasteiger charge is -2.33. The first-order chi connectivity index (χ1) is 12.5. The zero-order chi connectivity index (χ0) is 21.7. The number of amides is 2. The van der Waals surface area contributed by atoms with Gasteiger partial charge < -0.3 is 5.11 Å². The quantitative estimate of drug-likeness (QED) is 0.318. The Hall–Kier alpha value is 0.850. The van der Waals surface area contributed by atoms with Gasteiger partial charge in [-0.3, -0.25) is 25.2 Å². The lowest BCUT2D eigenvalue weighted by molar-refractivity contribution is -0.147. The third-order valence-corrected chi connectivity index (χ3v) is 12.1. The summed E-state index contributed by atoms with van der Waals surface area (Å²) in [6.45, 7) is 1.66. The first-order valence-corrected chi connectivity index (χ1v) is 11.4. The number of carbonyl (C=O) groups excluding carboxylic acids is 2. The molecule has 3 rings (SSSR count). The number of aliphatic carboxylic acids is 1. The van der Waals surface area contributed by atoms with Crippen molar-refractivity contribution >= 4 is 119 Å². The standard InChI is InChI=1S/C14H10Br2Cl6N2O4/c1-10(2-11(10,15)16)9(28)24-23-7(25)3-4(8(26)27)13(20)6(18)5(17)12(3,19)14(13,21)22/h3-4H,2H2,1H3,(H,23,25)(H,24,28)(H,26,27). The van der Waals surface area contributed by atoms with Gasteiger partial charge >= 0.3 is 5.97 Å². The molecule has 0 aromatic carbocycles. The van der Waals surface area contributed by atoms with Crippen LogP contribution in [-0.4, -0.2) is 40.2 Å². The van der Waals surface area contributed by atoms with Crippen LogP contribution in [0.4, 0.5) is 0 Å². The van der Waals surface area contributed by atoms with E-state index in [1.807, 2.05) is 0 Å². The van der Waals surface area contributed by atoms with E-state index in [4.69, 9.17) is 69.6 Å². The van der Waals surface area contributed by atoms with Gasteiger partial charge in [-0.25, -0.2) is 0 Å². The van der Waals surface area contributed by atoms with E-state index in [1.54, 1.807) is 6.92 Å². The number of nitrogens with one attached hydrogen (secondary N) is 2. The number of halogens is 8. The molecule has 6 nitrogen and oxygen atoms in total. The van der Waals surface area contributed by atoms with Crippen molar-refractivity contribution in [3.8, 4) is 0 Å². The Morgan fingerprint density at radius 2 is 1.43 bits per heavy atom. The molecule has 156 valence electrons. The van der Waals surface area contributed by atoms with Crippen LogP contribution in [0.25, 0.3) is 0 Å². The molecule has 2 bridgehead atoms. The molecule has 0 aromatic heterocycles. The largest absolute Gasteiger partial charge is 0.481 e. The van der Waals surface area contributed by atoms with Crippen LogP contribution in [0, 0.1) is 17.3 Å². The molecule has 3 aliphatic carbocycles. The molecule has 3 aliphatic rings. The van der Waals surface area contributed by atoms with Crippen LogP contribution in [0.5, 0.6) is 0 Å². The highest BCUT2D eigenvalue weighted by molar-refractivity contribution is 9.25. The van der Waals surface area contributed by atoms with Crippen LogP contribution in [0.1, 0.15) is 13.3 Å². The Labute approximate surface area is 206 Å². The number of carbonyl (C=O) groups is 3. The summed E-state index contributed by atoms with van der Waals surface area (Å²) in [5.41, 5.74) is 3.58. The van der Waals surface area contributed by atoms with E-state index in [0.29, 0.717) is 6.42 Å². The molecule has 28 heavy (non-hydrogen) atoms. The van der Waals surface area contributed by atoms with Crippen LogP contribution in [0.2, 0.25) is 0 Å². The number of allylic oxidation sites excluding steroid dienone is 2. The summed E-state index contributed by atoms with van der Waals surface area (Å²) in [7, 11) is 0. The highest BCUT2D eigenvalue weighted by Crippen LogP contribution is 2.76. The Kier molecular flexibility index (Phi) is 5.60. The van der Waals surface area contributed by atoms with Crippen molar-refractivity contribution in [3.63, 3.8) is 0 Å². The SMILES string of the molecule is CC1(C(=O)NNC(=O)C2C(C(=O)O)C3(Cl)C(Cl)=C(Cl)C2(Cl)C3(Cl)Cl)CC1(Br)Br. The third kappa shape index (κ3) is 2.61. The summed E-state index contributed by atoms with van der Waals surface area (Å²) >= 11 is 44.5. The molecule has 0 aliphatic heterocycles. The monoisotopic (exact) mass is 638 g/mol. The summed E-state index contributed by atoms with van der Waals surface area (Å²) in [5, 5.41) is 9.02. The van der Waals surface area contributed by atoms with Crippen LogP contribution in [0.15, 0.2) is 10.1 Å². The predicted molar refractivity (Wildman–Crippen MR) is 115 cm³/mol. The van der Waals surface area contributed by atoms with Gasteiger partial charge in [0.1, 0.15) is 9.75 Å². The number of hydrogen-bond acceptors (Lipinski definition) is 3. The number of rotatable bonds is 3. The Morgan fingerprint density at radius 3 is 1.82 bits per heavy atom. The molecule has 0 heterocycles. The maximum Gasteiger partial charge on any atom is 0.309 e. The van der Waals surface area contributed by atoms with Gasteiger partial charge in [0.2, 0.25) is 11.8 Å². The maximum absolute atomic E-state index is 12.9. The highest BCUT2D eigenvalue weighted by Gasteiger charge is 2.85. The van der Waals surface area contributed by atoms with Gasteiger partial charge in [-0.2, -0.15) is 0 Å². The van der Waals surface area contributed by atoms with Gasteiger partial charge in [-0.15, -0.1) is 23.2 Å². The zero-order valence-corrected chi connectivity index (χ0v) is 21.3. The molecule has 14 heteroatoms. The van der Waals surface area contributed by atoms with Crippen LogP contribution in [-0.2, 0) is 14.4 Å². The third-order valence-electron chi connectivity index (χ3n) is 5.54. The molecular weight excluding hydrogens is 633 g/mol. The van der Waals surface area contributed by atoms with Crippen molar-refractivity contribution in [2.75, 3.05) is 0 Å². The second kappa shape index (κ2) is 6.67. The molecule has 2 fully saturated rings. The number of carboxylic acid groups (broad SMARTS) is 1. The normalized spacial score (nSPS) is 42.3. The van der Waals surface area contributed by atoms with E-state index in [9.17, 15) is 19.5 Å². The van der Waals surface area contributed by atoms with Gasteiger partial charge in [0, 0.05) is 0 Å². The topological polar surface area (TPSA) is 95.5 Å². The lowest BCUT2D eigenvalue weighted by atomic mass is 9.81. The smallest absolute Gasteiger partial charge is 0.309 e. The Bertz CT molecular complexity index is 854. The molecule has 2 saturated carbocycles. The van der Waals surface area contributed by atoms with E-state index in [2.05, 4.69) is 42.7 Å². The molecule has 5 unspecified atom stereocenters. The molecule has 0 saturated heterocycles. The summed E-state index contributed by atoms with van der Waals surface area (Å²) < 4.78 is -2.82. The summed E-state index contributed by atoms with van der Waals surface area (Å²) in [6.07, 6.45) is 0.462. The number of carboxylic acids is 1. The molecule has 0 radical (unpaired) electrons. The van der Waals surface area contributed by atoms with Crippen molar-refractivity contribution in [1.82, 2.24) is 10.9 Å². The van der Waals surface area contributed by atoms with Crippen LogP contribution < -0.4 is 10.9 Å². The number of hydrogen-bond donors (Lipinski definition) is 3. The Morgan fingerprint density at radius 1 is 1.00 bits per heavy atom. The summed E-state index contributed by atoms with van der Waals surface area (Å²) in [4.78, 5) is 32.9. The fraction of sp³-hybridized carbons (Fsp3) is 0.643. The predicted octanol–water partition coefficient (Wildman–Crippen LogP) is 4.19. The van der Waals surface area contributed by atoms with Crippen molar-refractivity contribution < 1.29 is 19.5 Å². The molecule has 3 N–H and O–H groups in total. The number of fused-ring (bicyclic) bond motifs is 2. The van der Waals surface area contributed by atoms with E-state index in [1.165, 1.54) is 0 Å². The van der Waals surface area contributed by atoms with E-state index >= 15 is 0 Å². The van der Waals surface area contributed by atoms with Crippen LogP contribution in [0.3, 0.4) is 0 Å². The van der Waals surface area contributed by atoms with Crippen LogP contribution >= 0.6 is 101 Å². The van der Waals surface area contributed by atoms with Gasteiger partial charge in [-0.05, 0) is 13.3 Å². The van der Waals surface area contributed by atoms with Crippen molar-refractivity contribution in [2.24, 2.45) is 17.3 Å². The van der Waals surface area contributed by atoms with Gasteiger partial charge in [-0.1, -0.05) is 78.3 Å². The van der Waals surface area contributed by atoms with Crippen molar-refractivity contribution in [2.45, 2.75) is 30.7 Å². The van der Waals surface area contributed by atoms with Crippen molar-refractivity contribution in [1.29, 1.82) is 0 Å². The number of alkyl halides is 6.